The molecule has 19 heavy (non-hydrogen) atoms. The van der Waals surface area contributed by atoms with Crippen LogP contribution in [0.4, 0.5) is 4.39 Å². The highest BCUT2D eigenvalue weighted by molar-refractivity contribution is 9.10. The van der Waals surface area contributed by atoms with Gasteiger partial charge in [0.25, 0.3) is 0 Å². The zero-order chi connectivity index (χ0) is 14.0. The van der Waals surface area contributed by atoms with Crippen molar-refractivity contribution in [2.24, 2.45) is 5.73 Å². The number of nitrogens with one attached hydrogen (secondary N) is 1. The minimum absolute atomic E-state index is 0.0616. The normalized spacial score (nSPS) is 10.3. The number of ether oxygens (including phenoxy) is 1. The summed E-state index contributed by atoms with van der Waals surface area (Å²) in [5, 5.41) is 7.41. The fourth-order valence-corrected chi connectivity index (χ4v) is 1.95. The number of nitrogens with two attached hydrogens (primary N) is 1. The summed E-state index contributed by atoms with van der Waals surface area (Å²) in [7, 11) is 0. The number of aryl methyl sites for hydroxylation is 1. The van der Waals surface area contributed by atoms with Crippen LogP contribution in [-0.2, 0) is 0 Å². The average molecular weight is 324 g/mol. The highest BCUT2D eigenvalue weighted by Gasteiger charge is 2.08. The monoisotopic (exact) mass is 323 g/mol. The van der Waals surface area contributed by atoms with Gasteiger partial charge in [-0.1, -0.05) is 0 Å². The van der Waals surface area contributed by atoms with Gasteiger partial charge in [0, 0.05) is 17.3 Å². The van der Waals surface area contributed by atoms with Gasteiger partial charge in [0.1, 0.15) is 17.4 Å². The first-order chi connectivity index (χ1) is 8.95. The largest absolute Gasteiger partial charge is 0.438 e. The lowest BCUT2D eigenvalue weighted by Crippen LogP contribution is -2.11. The molecule has 0 saturated heterocycles. The molecule has 3 N–H and O–H groups in total. The molecule has 2 rings (SSSR count). The molecular formula is C13H11BrFN3O. The number of aromatic nitrogens is 1. The molecular weight excluding hydrogens is 313 g/mol. The smallest absolute Gasteiger partial charge is 0.220 e. The van der Waals surface area contributed by atoms with Crippen molar-refractivity contribution in [3.05, 3.63) is 51.9 Å². The number of benzene rings is 1. The molecule has 0 amide bonds. The predicted octanol–water partition coefficient (Wildman–Crippen LogP) is 3.37. The molecule has 0 atom stereocenters. The summed E-state index contributed by atoms with van der Waals surface area (Å²) in [5.74, 6) is 0.320. The summed E-state index contributed by atoms with van der Waals surface area (Å²) < 4.78 is 19.0. The third kappa shape index (κ3) is 3.29. The Hall–Kier alpha value is -1.95. The van der Waals surface area contributed by atoms with Crippen molar-refractivity contribution >= 4 is 21.8 Å². The molecule has 2 aromatic rings. The fraction of sp³-hybridized carbons (Fsp3) is 0.0769. The molecule has 0 aliphatic carbocycles. The lowest BCUT2D eigenvalue weighted by molar-refractivity contribution is 0.457. The molecule has 0 aliphatic heterocycles. The van der Waals surface area contributed by atoms with Gasteiger partial charge in [-0.2, -0.15) is 0 Å². The van der Waals surface area contributed by atoms with Gasteiger partial charge >= 0.3 is 0 Å². The van der Waals surface area contributed by atoms with Gasteiger partial charge in [0.2, 0.25) is 5.88 Å². The molecule has 0 unspecified atom stereocenters. The maximum atomic E-state index is 13.0. The minimum Gasteiger partial charge on any atom is -0.438 e. The average Bonchev–Trinajstić information content (AvgIpc) is 2.32. The Balaban J connectivity index is 2.35. The van der Waals surface area contributed by atoms with Gasteiger partial charge in [-0.05, 0) is 47.1 Å². The first-order valence-corrected chi connectivity index (χ1v) is 6.21. The lowest BCUT2D eigenvalue weighted by atomic mass is 10.2. The zero-order valence-electron chi connectivity index (χ0n) is 10.1. The first-order valence-electron chi connectivity index (χ1n) is 5.41. The van der Waals surface area contributed by atoms with E-state index >= 15 is 0 Å². The highest BCUT2D eigenvalue weighted by atomic mass is 79.9. The number of hydrogen-bond acceptors (Lipinski definition) is 3. The predicted molar refractivity (Wildman–Crippen MR) is 74.2 cm³/mol. The van der Waals surface area contributed by atoms with Crippen molar-refractivity contribution in [2.45, 2.75) is 6.92 Å². The number of halogens is 2. The van der Waals surface area contributed by atoms with E-state index in [1.165, 1.54) is 18.2 Å². The van der Waals surface area contributed by atoms with Crippen LogP contribution in [0.2, 0.25) is 0 Å². The topological polar surface area (TPSA) is 72.0 Å². The summed E-state index contributed by atoms with van der Waals surface area (Å²) in [4.78, 5) is 4.19. The summed E-state index contributed by atoms with van der Waals surface area (Å²) in [6.45, 7) is 1.78. The molecule has 0 fully saturated rings. The van der Waals surface area contributed by atoms with E-state index in [9.17, 15) is 4.39 Å². The molecule has 98 valence electrons. The Labute approximate surface area is 118 Å². The van der Waals surface area contributed by atoms with Crippen molar-refractivity contribution in [1.29, 1.82) is 5.41 Å². The number of hydrogen-bond donors (Lipinski definition) is 2. The minimum atomic E-state index is -0.360. The second kappa shape index (κ2) is 5.36. The molecule has 0 spiro atoms. The Morgan fingerprint density at radius 2 is 2.11 bits per heavy atom. The van der Waals surface area contributed by atoms with Crippen LogP contribution < -0.4 is 10.5 Å². The Kier molecular flexibility index (Phi) is 3.80. The first kappa shape index (κ1) is 13.5. The van der Waals surface area contributed by atoms with Gasteiger partial charge in [0.05, 0.1) is 4.47 Å². The summed E-state index contributed by atoms with van der Waals surface area (Å²) in [5.41, 5.74) is 6.65. The molecule has 1 heterocycles. The maximum absolute atomic E-state index is 13.0. The molecule has 0 bridgehead atoms. The summed E-state index contributed by atoms with van der Waals surface area (Å²) in [6, 6.07) is 7.34. The molecule has 4 nitrogen and oxygen atoms in total. The van der Waals surface area contributed by atoms with Crippen LogP contribution in [-0.4, -0.2) is 10.8 Å². The van der Waals surface area contributed by atoms with Crippen LogP contribution in [0, 0.1) is 18.2 Å². The van der Waals surface area contributed by atoms with Crippen LogP contribution in [0.15, 0.2) is 34.8 Å². The molecule has 6 heteroatoms. The van der Waals surface area contributed by atoms with E-state index in [1.54, 1.807) is 19.1 Å². The van der Waals surface area contributed by atoms with Gasteiger partial charge in [-0.25, -0.2) is 9.37 Å². The quantitative estimate of drug-likeness (QED) is 0.672. The van der Waals surface area contributed by atoms with Crippen LogP contribution in [0.25, 0.3) is 0 Å². The number of nitrogens with zero attached hydrogens (tertiary/aromatic N) is 1. The van der Waals surface area contributed by atoms with Crippen LogP contribution in [0.5, 0.6) is 11.6 Å². The van der Waals surface area contributed by atoms with Crippen LogP contribution in [0.1, 0.15) is 11.3 Å². The van der Waals surface area contributed by atoms with Crippen molar-refractivity contribution < 1.29 is 9.13 Å². The van der Waals surface area contributed by atoms with Crippen LogP contribution in [0.3, 0.4) is 0 Å². The number of nitrogen functional groups attached to an aromatic ring is 1. The van der Waals surface area contributed by atoms with Crippen LogP contribution >= 0.6 is 15.9 Å². The zero-order valence-corrected chi connectivity index (χ0v) is 11.7. The van der Waals surface area contributed by atoms with E-state index < -0.39 is 0 Å². The van der Waals surface area contributed by atoms with Crippen molar-refractivity contribution in [1.82, 2.24) is 4.98 Å². The highest BCUT2D eigenvalue weighted by Crippen LogP contribution is 2.29. The molecule has 1 aromatic heterocycles. The molecule has 0 radical (unpaired) electrons. The molecule has 0 saturated carbocycles. The summed E-state index contributed by atoms with van der Waals surface area (Å²) >= 11 is 3.21. The van der Waals surface area contributed by atoms with E-state index in [1.807, 2.05) is 0 Å². The SMILES string of the molecule is Cc1cc(C(=N)N)cc(Oc2ccc(F)cc2Br)n1. The second-order valence-electron chi connectivity index (χ2n) is 3.93. The summed E-state index contributed by atoms with van der Waals surface area (Å²) in [6.07, 6.45) is 0. The lowest BCUT2D eigenvalue weighted by Gasteiger charge is -2.09. The third-order valence-corrected chi connectivity index (χ3v) is 2.97. The third-order valence-electron chi connectivity index (χ3n) is 2.35. The standard InChI is InChI=1S/C13H11BrFN3O/c1-7-4-8(13(16)17)5-12(18-7)19-11-3-2-9(15)6-10(11)14/h2-6H,1H3,(H3,16,17). The van der Waals surface area contributed by atoms with Gasteiger partial charge < -0.3 is 10.5 Å². The van der Waals surface area contributed by atoms with Gasteiger partial charge in [-0.3, -0.25) is 5.41 Å². The van der Waals surface area contributed by atoms with Gasteiger partial charge in [0.15, 0.2) is 0 Å². The van der Waals surface area contributed by atoms with Gasteiger partial charge in [-0.15, -0.1) is 0 Å². The molecule has 0 aliphatic rings. The second-order valence-corrected chi connectivity index (χ2v) is 4.78. The number of pyridine rings is 1. The fourth-order valence-electron chi connectivity index (χ4n) is 1.52. The van der Waals surface area contributed by atoms with E-state index in [4.69, 9.17) is 15.9 Å². The van der Waals surface area contributed by atoms with Crippen molar-refractivity contribution in [2.75, 3.05) is 0 Å². The Morgan fingerprint density at radius 3 is 2.74 bits per heavy atom. The number of amidine groups is 1. The maximum Gasteiger partial charge on any atom is 0.220 e. The number of rotatable bonds is 3. The van der Waals surface area contributed by atoms with E-state index in [0.717, 1.165) is 0 Å². The van der Waals surface area contributed by atoms with E-state index in [-0.39, 0.29) is 11.7 Å². The Morgan fingerprint density at radius 1 is 1.37 bits per heavy atom. The Bertz CT molecular complexity index is 646. The van der Waals surface area contributed by atoms with Crippen molar-refractivity contribution in [3.63, 3.8) is 0 Å². The molecule has 1 aromatic carbocycles. The van der Waals surface area contributed by atoms with E-state index in [2.05, 4.69) is 20.9 Å². The van der Waals surface area contributed by atoms with Crippen molar-refractivity contribution in [3.8, 4) is 11.6 Å². The van der Waals surface area contributed by atoms with E-state index in [0.29, 0.717) is 27.4 Å².